The third-order valence-electron chi connectivity index (χ3n) is 3.54. The average Bonchev–Trinajstić information content (AvgIpc) is 3.21. The molecule has 0 aliphatic heterocycles. The first kappa shape index (κ1) is 28.7. The van der Waals surface area contributed by atoms with Crippen molar-refractivity contribution >= 4 is 52.1 Å². The molecular weight excluding hydrogens is 540 g/mol. The Morgan fingerprint density at radius 2 is 1.56 bits per heavy atom. The number of imidazole rings is 1. The Morgan fingerprint density at radius 1 is 1.00 bits per heavy atom. The zero-order valence-corrected chi connectivity index (χ0v) is 19.8. The van der Waals surface area contributed by atoms with E-state index in [2.05, 4.69) is 10.1 Å². The lowest BCUT2D eigenvalue weighted by atomic mass is 10.1. The van der Waals surface area contributed by atoms with Gasteiger partial charge >= 0.3 is 0 Å². The third-order valence-corrected chi connectivity index (χ3v) is 4.68. The molecule has 1 heterocycles. The second-order valence-electron chi connectivity index (χ2n) is 5.88. The van der Waals surface area contributed by atoms with Gasteiger partial charge in [0.05, 0.1) is 17.9 Å². The van der Waals surface area contributed by atoms with Crippen LogP contribution >= 0.6 is 46.4 Å². The van der Waals surface area contributed by atoms with Gasteiger partial charge in [0, 0.05) is 38.6 Å². The monoisotopic (exact) mass is 553 g/mol. The van der Waals surface area contributed by atoms with Gasteiger partial charge in [0.1, 0.15) is 12.3 Å². The minimum Gasteiger partial charge on any atom is -0.391 e. The molecule has 2 N–H and O–H groups in total. The van der Waals surface area contributed by atoms with Crippen LogP contribution in [0.15, 0.2) is 60.3 Å². The number of rotatable bonds is 6. The molecule has 0 unspecified atom stereocenters. The lowest BCUT2D eigenvalue weighted by Crippen LogP contribution is -2.12. The van der Waals surface area contributed by atoms with Crippen molar-refractivity contribution in [3.05, 3.63) is 107 Å². The van der Waals surface area contributed by atoms with Crippen molar-refractivity contribution in [1.29, 1.82) is 0 Å². The van der Waals surface area contributed by atoms with Crippen molar-refractivity contribution in [2.24, 2.45) is 5.16 Å². The maximum absolute atomic E-state index is 8.36. The van der Waals surface area contributed by atoms with E-state index in [9.17, 15) is 0 Å². The number of hydrogen-bond acceptors (Lipinski definition) is 7. The normalized spacial score (nSPS) is 10.3. The summed E-state index contributed by atoms with van der Waals surface area (Å²) in [4.78, 5) is 26.3. The minimum absolute atomic E-state index is 0.203. The van der Waals surface area contributed by atoms with E-state index in [1.165, 1.54) is 0 Å². The summed E-state index contributed by atoms with van der Waals surface area (Å²) in [5, 5.41) is 33.7. The highest BCUT2D eigenvalue weighted by molar-refractivity contribution is 6.37. The number of hydrogen-bond donors (Lipinski definition) is 2. The predicted molar refractivity (Wildman–Crippen MR) is 124 cm³/mol. The lowest BCUT2D eigenvalue weighted by Gasteiger charge is -2.10. The van der Waals surface area contributed by atoms with E-state index in [0.29, 0.717) is 32.3 Å². The fourth-order valence-corrected chi connectivity index (χ4v) is 3.24. The molecule has 3 rings (SSSR count). The van der Waals surface area contributed by atoms with E-state index in [-0.39, 0.29) is 6.61 Å². The summed E-state index contributed by atoms with van der Waals surface area (Å²) in [6.45, 7) is 0.643. The van der Waals surface area contributed by atoms with Gasteiger partial charge in [-0.3, -0.25) is 0 Å². The Kier molecular flexibility index (Phi) is 12.5. The van der Waals surface area contributed by atoms with Crippen molar-refractivity contribution in [1.82, 2.24) is 9.55 Å². The number of benzene rings is 2. The summed E-state index contributed by atoms with van der Waals surface area (Å²) >= 11 is 24.4. The molecule has 0 aliphatic carbocycles. The van der Waals surface area contributed by atoms with Crippen LogP contribution in [-0.4, -0.2) is 35.9 Å². The van der Waals surface area contributed by atoms with Crippen LogP contribution in [0.5, 0.6) is 0 Å². The maximum Gasteiger partial charge on any atom is 0.291 e. The topological polar surface area (TPSA) is 166 Å². The molecule has 2 aromatic carbocycles. The molecule has 0 saturated carbocycles. The van der Waals surface area contributed by atoms with Crippen LogP contribution in [0.25, 0.3) is 0 Å². The number of oxime groups is 1. The fraction of sp³-hybridized carbons (Fsp3) is 0.111. The molecule has 0 radical (unpaired) electrons. The fourth-order valence-electron chi connectivity index (χ4n) is 2.26. The molecule has 0 aliphatic rings. The Bertz CT molecular complexity index is 1110. The van der Waals surface area contributed by atoms with Crippen LogP contribution in [0.1, 0.15) is 11.1 Å². The first-order chi connectivity index (χ1) is 16.0. The Hall–Kier alpha value is -3.32. The molecule has 0 fully saturated rings. The molecule has 0 saturated heterocycles. The molecule has 34 heavy (non-hydrogen) atoms. The number of halogens is 4. The van der Waals surface area contributed by atoms with Gasteiger partial charge in [-0.1, -0.05) is 57.6 Å². The summed E-state index contributed by atoms with van der Waals surface area (Å²) in [7, 11) is 0. The average molecular weight is 555 g/mol. The van der Waals surface area contributed by atoms with Gasteiger partial charge in [0.15, 0.2) is 0 Å². The molecule has 182 valence electrons. The van der Waals surface area contributed by atoms with Crippen LogP contribution in [0.3, 0.4) is 0 Å². The predicted octanol–water partition coefficient (Wildman–Crippen LogP) is 5.42. The standard InChI is InChI=1S/C18H13Cl4N3O.2HNO3/c19-13-2-1-12(16(21)7-13)10-26-24-18(9-25-6-5-23-11-25)15-4-3-14(20)8-17(15)22;2*2-1(3)4/h1-8,11H,9-10H2;2*(H,2,3,4)/b24-18+;;. The zero-order chi connectivity index (χ0) is 25.7. The van der Waals surface area contributed by atoms with Gasteiger partial charge < -0.3 is 19.8 Å². The molecule has 16 heteroatoms. The van der Waals surface area contributed by atoms with Gasteiger partial charge in [0.2, 0.25) is 0 Å². The number of nitrogens with zero attached hydrogens (tertiary/aromatic N) is 5. The first-order valence-corrected chi connectivity index (χ1v) is 10.2. The number of aromatic nitrogens is 2. The Morgan fingerprint density at radius 3 is 2.06 bits per heavy atom. The second kappa shape index (κ2) is 14.8. The van der Waals surface area contributed by atoms with E-state index < -0.39 is 10.2 Å². The van der Waals surface area contributed by atoms with E-state index in [0.717, 1.165) is 11.1 Å². The summed E-state index contributed by atoms with van der Waals surface area (Å²) in [5.41, 5.74) is 2.14. The van der Waals surface area contributed by atoms with Crippen LogP contribution in [0, 0.1) is 20.2 Å². The van der Waals surface area contributed by atoms with Crippen molar-refractivity contribution < 1.29 is 25.4 Å². The molecule has 1 aromatic heterocycles. The van der Waals surface area contributed by atoms with E-state index in [1.807, 2.05) is 10.8 Å². The summed E-state index contributed by atoms with van der Waals surface area (Å²) in [5.74, 6) is 0. The molecule has 3 aromatic rings. The lowest BCUT2D eigenvalue weighted by molar-refractivity contribution is -0.742. The van der Waals surface area contributed by atoms with Crippen LogP contribution in [-0.2, 0) is 18.0 Å². The highest BCUT2D eigenvalue weighted by Crippen LogP contribution is 2.24. The summed E-state index contributed by atoms with van der Waals surface area (Å²) in [6, 6.07) is 10.4. The first-order valence-electron chi connectivity index (χ1n) is 8.70. The van der Waals surface area contributed by atoms with Crippen molar-refractivity contribution in [3.8, 4) is 0 Å². The van der Waals surface area contributed by atoms with Crippen molar-refractivity contribution in [3.63, 3.8) is 0 Å². The highest BCUT2D eigenvalue weighted by Gasteiger charge is 2.11. The smallest absolute Gasteiger partial charge is 0.291 e. The molecule has 0 spiro atoms. The van der Waals surface area contributed by atoms with Crippen LogP contribution in [0.4, 0.5) is 0 Å². The minimum atomic E-state index is -1.50. The quantitative estimate of drug-likeness (QED) is 0.231. The maximum atomic E-state index is 8.36. The molecule has 0 amide bonds. The SMILES string of the molecule is Clc1ccc(CO/N=C(\Cn2ccnc2)c2ccc(Cl)cc2Cl)c(Cl)c1.O=[N+]([O-])O.O=[N+]([O-])O. The molecular formula is C18H15Cl4N5O7. The van der Waals surface area contributed by atoms with Gasteiger partial charge in [0.25, 0.3) is 10.2 Å². The van der Waals surface area contributed by atoms with Gasteiger partial charge in [-0.2, -0.15) is 0 Å². The largest absolute Gasteiger partial charge is 0.391 e. The van der Waals surface area contributed by atoms with Crippen molar-refractivity contribution in [2.45, 2.75) is 13.2 Å². The Labute approximate surface area is 211 Å². The van der Waals surface area contributed by atoms with E-state index in [1.54, 1.807) is 48.9 Å². The van der Waals surface area contributed by atoms with Gasteiger partial charge in [-0.15, -0.1) is 20.2 Å². The highest BCUT2D eigenvalue weighted by atomic mass is 35.5. The zero-order valence-electron chi connectivity index (χ0n) is 16.8. The molecule has 0 atom stereocenters. The third kappa shape index (κ3) is 11.5. The summed E-state index contributed by atoms with van der Waals surface area (Å²) < 4.78 is 1.86. The Balaban J connectivity index is 0.000000629. The summed E-state index contributed by atoms with van der Waals surface area (Å²) in [6.07, 6.45) is 5.21. The van der Waals surface area contributed by atoms with E-state index >= 15 is 0 Å². The van der Waals surface area contributed by atoms with Gasteiger partial charge in [-0.05, 0) is 30.3 Å². The van der Waals surface area contributed by atoms with Crippen LogP contribution < -0.4 is 0 Å². The van der Waals surface area contributed by atoms with Gasteiger partial charge in [-0.25, -0.2) is 4.98 Å². The second-order valence-corrected chi connectivity index (χ2v) is 7.57. The van der Waals surface area contributed by atoms with Crippen molar-refractivity contribution in [2.75, 3.05) is 0 Å². The van der Waals surface area contributed by atoms with Crippen LogP contribution in [0.2, 0.25) is 20.1 Å². The molecule has 12 nitrogen and oxygen atoms in total. The van der Waals surface area contributed by atoms with E-state index in [4.69, 9.17) is 81.9 Å². The molecule has 0 bridgehead atoms.